The Kier molecular flexibility index (Phi) is 6.24. The zero-order valence-electron chi connectivity index (χ0n) is 18.8. The van der Waals surface area contributed by atoms with Crippen molar-refractivity contribution in [1.82, 2.24) is 0 Å². The number of carbonyl (C=O) groups is 1. The van der Waals surface area contributed by atoms with E-state index >= 15 is 0 Å². The minimum atomic E-state index is -2.63. The molecule has 0 radical (unpaired) electrons. The molecule has 0 spiro atoms. The Hall–Kier alpha value is -3.02. The zero-order chi connectivity index (χ0) is 23.7. The molecule has 0 saturated carbocycles. The summed E-state index contributed by atoms with van der Waals surface area (Å²) in [4.78, 5) is 24.9. The predicted molar refractivity (Wildman–Crippen MR) is 144 cm³/mol. The van der Waals surface area contributed by atoms with Crippen LogP contribution in [0.3, 0.4) is 0 Å². The second-order valence-electron chi connectivity index (χ2n) is 8.72. The second kappa shape index (κ2) is 9.32. The molecule has 4 aromatic rings. The van der Waals surface area contributed by atoms with Gasteiger partial charge in [0.25, 0.3) is 0 Å². The summed E-state index contributed by atoms with van der Waals surface area (Å²) in [5.41, 5.74) is 11.8. The molecule has 174 valence electrons. The SMILES string of the molecule is C[PH]1(O)CCC(c2ccc(C(=O)Nc3ccccc3)c(-c3cc(-c4cccs4)ccc3N)c2)O1. The summed E-state index contributed by atoms with van der Waals surface area (Å²) in [6.45, 7) is 1.82. The Morgan fingerprint density at radius 2 is 1.88 bits per heavy atom. The predicted octanol–water partition coefficient (Wildman–Crippen LogP) is 6.58. The molecule has 1 aliphatic rings. The topological polar surface area (TPSA) is 84.6 Å². The first-order valence-electron chi connectivity index (χ1n) is 11.2. The molecular weight excluding hydrogens is 463 g/mol. The van der Waals surface area contributed by atoms with Crippen LogP contribution in [0, 0.1) is 0 Å². The van der Waals surface area contributed by atoms with Crippen molar-refractivity contribution in [3.05, 3.63) is 95.4 Å². The summed E-state index contributed by atoms with van der Waals surface area (Å²) in [7, 11) is -2.63. The fourth-order valence-electron chi connectivity index (χ4n) is 4.35. The van der Waals surface area contributed by atoms with E-state index in [-0.39, 0.29) is 12.0 Å². The van der Waals surface area contributed by atoms with E-state index in [0.29, 0.717) is 17.4 Å². The Labute approximate surface area is 203 Å². The van der Waals surface area contributed by atoms with E-state index in [1.54, 1.807) is 11.3 Å². The summed E-state index contributed by atoms with van der Waals surface area (Å²) in [5, 5.41) is 5.03. The molecule has 1 aliphatic heterocycles. The molecule has 3 aromatic carbocycles. The Morgan fingerprint density at radius 3 is 2.59 bits per heavy atom. The number of nitrogen functional groups attached to an aromatic ring is 1. The van der Waals surface area contributed by atoms with Gasteiger partial charge < -0.3 is 0 Å². The first-order chi connectivity index (χ1) is 16.4. The summed E-state index contributed by atoms with van der Waals surface area (Å²) in [6, 6.07) is 25.2. The number of hydrogen-bond acceptors (Lipinski definition) is 5. The average Bonchev–Trinajstić information content (AvgIpc) is 3.49. The van der Waals surface area contributed by atoms with Crippen molar-refractivity contribution in [3.8, 4) is 21.6 Å². The molecule has 1 fully saturated rings. The van der Waals surface area contributed by atoms with Crippen LogP contribution >= 0.6 is 19.1 Å². The summed E-state index contributed by atoms with van der Waals surface area (Å²) >= 11 is 1.66. The van der Waals surface area contributed by atoms with Crippen molar-refractivity contribution in [2.75, 3.05) is 23.9 Å². The van der Waals surface area contributed by atoms with Gasteiger partial charge in [-0.2, -0.15) is 0 Å². The number of nitrogens with two attached hydrogens (primary N) is 1. The third kappa shape index (κ3) is 4.77. The van der Waals surface area contributed by atoms with E-state index < -0.39 is 7.72 Å². The number of carbonyl (C=O) groups excluding carboxylic acids is 1. The zero-order valence-corrected chi connectivity index (χ0v) is 20.6. The van der Waals surface area contributed by atoms with Gasteiger partial charge in [0.15, 0.2) is 0 Å². The fraction of sp³-hybridized carbons (Fsp3) is 0.148. The van der Waals surface area contributed by atoms with E-state index in [2.05, 4.69) is 11.4 Å². The number of nitrogens with one attached hydrogen (secondary N) is 1. The first-order valence-corrected chi connectivity index (χ1v) is 14.7. The molecule has 1 atom stereocenters. The van der Waals surface area contributed by atoms with Gasteiger partial charge >= 0.3 is 204 Å². The van der Waals surface area contributed by atoms with E-state index in [9.17, 15) is 9.69 Å². The van der Waals surface area contributed by atoms with Crippen molar-refractivity contribution < 1.29 is 14.2 Å². The molecule has 5 nitrogen and oxygen atoms in total. The molecule has 4 N–H and O–H groups in total. The third-order valence-corrected chi connectivity index (χ3v) is 9.04. The maximum atomic E-state index is 13.4. The van der Waals surface area contributed by atoms with Crippen molar-refractivity contribution in [1.29, 1.82) is 0 Å². The van der Waals surface area contributed by atoms with E-state index in [1.165, 1.54) is 0 Å². The molecule has 1 unspecified atom stereocenters. The average molecular weight is 491 g/mol. The Bertz CT molecular complexity index is 1320. The number of benzene rings is 3. The molecular formula is C27H27N2O3PS. The van der Waals surface area contributed by atoms with Gasteiger partial charge in [-0.15, -0.1) is 0 Å². The van der Waals surface area contributed by atoms with Crippen LogP contribution in [0.2, 0.25) is 0 Å². The second-order valence-corrected chi connectivity index (χ2v) is 12.8. The van der Waals surface area contributed by atoms with Crippen molar-refractivity contribution in [2.45, 2.75) is 12.5 Å². The minimum absolute atomic E-state index is 0.187. The van der Waals surface area contributed by atoms with Crippen molar-refractivity contribution >= 4 is 36.3 Å². The summed E-state index contributed by atoms with van der Waals surface area (Å²) in [5.74, 6) is -0.206. The monoisotopic (exact) mass is 490 g/mol. The number of anilines is 2. The first kappa shape index (κ1) is 22.8. The normalized spacial score (nSPS) is 17.9. The molecule has 5 rings (SSSR count). The van der Waals surface area contributed by atoms with Gasteiger partial charge in [0, 0.05) is 0 Å². The van der Waals surface area contributed by atoms with Gasteiger partial charge in [-0.25, -0.2) is 0 Å². The van der Waals surface area contributed by atoms with Gasteiger partial charge in [0.05, 0.1) is 0 Å². The Morgan fingerprint density at radius 1 is 1.06 bits per heavy atom. The van der Waals surface area contributed by atoms with Crippen LogP contribution in [0.1, 0.15) is 28.4 Å². The maximum absolute atomic E-state index is 13.4. The van der Waals surface area contributed by atoms with Gasteiger partial charge in [-0.05, 0) is 0 Å². The number of amides is 1. The molecule has 0 aliphatic carbocycles. The number of hydrogen-bond donors (Lipinski definition) is 3. The van der Waals surface area contributed by atoms with Crippen LogP contribution in [0.25, 0.3) is 21.6 Å². The third-order valence-electron chi connectivity index (χ3n) is 6.11. The molecule has 0 bridgehead atoms. The molecule has 2 heterocycles. The van der Waals surface area contributed by atoms with Crippen LogP contribution in [0.4, 0.5) is 11.4 Å². The van der Waals surface area contributed by atoms with Gasteiger partial charge in [-0.1, -0.05) is 0 Å². The molecule has 34 heavy (non-hydrogen) atoms. The summed E-state index contributed by atoms with van der Waals surface area (Å²) < 4.78 is 6.00. The molecule has 1 aromatic heterocycles. The Balaban J connectivity index is 1.60. The number of rotatable bonds is 5. The van der Waals surface area contributed by atoms with Gasteiger partial charge in [0.2, 0.25) is 0 Å². The quantitative estimate of drug-likeness (QED) is 0.218. The van der Waals surface area contributed by atoms with Crippen molar-refractivity contribution in [2.24, 2.45) is 0 Å². The van der Waals surface area contributed by atoms with Crippen LogP contribution in [0.5, 0.6) is 0 Å². The molecule has 7 heteroatoms. The van der Waals surface area contributed by atoms with Crippen LogP contribution < -0.4 is 11.1 Å². The molecule has 1 amide bonds. The van der Waals surface area contributed by atoms with Crippen molar-refractivity contribution in [3.63, 3.8) is 0 Å². The number of thiophene rings is 1. The van der Waals surface area contributed by atoms with Gasteiger partial charge in [0.1, 0.15) is 0 Å². The van der Waals surface area contributed by atoms with E-state index in [4.69, 9.17) is 10.3 Å². The van der Waals surface area contributed by atoms with E-state index in [0.717, 1.165) is 39.2 Å². The van der Waals surface area contributed by atoms with Crippen LogP contribution in [-0.2, 0) is 4.52 Å². The van der Waals surface area contributed by atoms with Gasteiger partial charge in [-0.3, -0.25) is 0 Å². The number of para-hydroxylation sites is 1. The van der Waals surface area contributed by atoms with Crippen LogP contribution in [-0.4, -0.2) is 23.6 Å². The van der Waals surface area contributed by atoms with Crippen LogP contribution in [0.15, 0.2) is 84.2 Å². The fourth-order valence-corrected chi connectivity index (χ4v) is 6.85. The summed E-state index contributed by atoms with van der Waals surface area (Å²) in [6.07, 6.45) is 1.27. The standard InChI is InChI=1S/C27H27N2O3PS/c1-33(31)14-13-25(32-33)18-9-11-21(27(30)29-20-6-3-2-4-7-20)22(16-18)23-17-19(10-12-24(23)28)26-8-5-15-34-26/h2-12,15-17,25,31,33H,13-14,28H2,1H3,(H,29,30). The van der Waals surface area contributed by atoms with E-state index in [1.807, 2.05) is 84.8 Å². The molecule has 1 saturated heterocycles.